The SMILES string of the molecule is CC(=O)Nc1cnc(-c2ccccc2)n(CC(=O)OC2CC(=O)NC2=O)c1=O. The number of nitrogens with zero attached hydrogens (tertiary/aromatic N) is 2. The van der Waals surface area contributed by atoms with Gasteiger partial charge < -0.3 is 10.1 Å². The van der Waals surface area contributed by atoms with Gasteiger partial charge in [0, 0.05) is 12.5 Å². The molecule has 1 aromatic carbocycles. The molecule has 1 aliphatic heterocycles. The van der Waals surface area contributed by atoms with Crippen LogP contribution in [-0.2, 0) is 30.5 Å². The van der Waals surface area contributed by atoms with E-state index in [0.717, 1.165) is 4.57 Å². The first-order chi connectivity index (χ1) is 13.3. The van der Waals surface area contributed by atoms with E-state index in [2.05, 4.69) is 10.3 Å². The maximum Gasteiger partial charge on any atom is 0.326 e. The maximum atomic E-state index is 12.8. The summed E-state index contributed by atoms with van der Waals surface area (Å²) in [7, 11) is 0. The van der Waals surface area contributed by atoms with Gasteiger partial charge >= 0.3 is 5.97 Å². The van der Waals surface area contributed by atoms with Gasteiger partial charge in [0.15, 0.2) is 6.10 Å². The van der Waals surface area contributed by atoms with Crippen LogP contribution in [-0.4, -0.2) is 39.3 Å². The van der Waals surface area contributed by atoms with E-state index in [4.69, 9.17) is 4.74 Å². The number of hydrogen-bond acceptors (Lipinski definition) is 7. The fourth-order valence-electron chi connectivity index (χ4n) is 2.68. The van der Waals surface area contributed by atoms with E-state index in [1.807, 2.05) is 5.32 Å². The number of carbonyl (C=O) groups is 4. The van der Waals surface area contributed by atoms with Gasteiger partial charge in [0.2, 0.25) is 11.8 Å². The van der Waals surface area contributed by atoms with Gasteiger partial charge in [0.25, 0.3) is 11.5 Å². The van der Waals surface area contributed by atoms with Crippen LogP contribution >= 0.6 is 0 Å². The average molecular weight is 384 g/mol. The van der Waals surface area contributed by atoms with Gasteiger partial charge in [-0.15, -0.1) is 0 Å². The Labute approximate surface area is 158 Å². The number of rotatable bonds is 5. The predicted molar refractivity (Wildman–Crippen MR) is 95.9 cm³/mol. The van der Waals surface area contributed by atoms with Gasteiger partial charge in [-0.2, -0.15) is 0 Å². The summed E-state index contributed by atoms with van der Waals surface area (Å²) in [4.78, 5) is 63.3. The highest BCUT2D eigenvalue weighted by Gasteiger charge is 2.34. The van der Waals surface area contributed by atoms with E-state index < -0.39 is 41.9 Å². The number of esters is 1. The van der Waals surface area contributed by atoms with E-state index in [-0.39, 0.29) is 17.9 Å². The zero-order valence-corrected chi connectivity index (χ0v) is 14.8. The Morgan fingerprint density at radius 1 is 1.25 bits per heavy atom. The Kier molecular flexibility index (Phi) is 5.30. The first-order valence-electron chi connectivity index (χ1n) is 8.31. The minimum Gasteiger partial charge on any atom is -0.450 e. The minimum atomic E-state index is -1.23. The van der Waals surface area contributed by atoms with Crippen molar-refractivity contribution in [3.05, 3.63) is 46.9 Å². The van der Waals surface area contributed by atoms with Crippen LogP contribution in [0, 0.1) is 0 Å². The molecule has 10 heteroatoms. The molecule has 1 aliphatic rings. The lowest BCUT2D eigenvalue weighted by atomic mass is 10.2. The summed E-state index contributed by atoms with van der Waals surface area (Å²) in [6, 6.07) is 8.65. The van der Waals surface area contributed by atoms with Crippen molar-refractivity contribution in [3.63, 3.8) is 0 Å². The van der Waals surface area contributed by atoms with Gasteiger partial charge in [0.05, 0.1) is 12.6 Å². The zero-order valence-electron chi connectivity index (χ0n) is 14.8. The highest BCUT2D eigenvalue weighted by molar-refractivity contribution is 6.05. The standard InChI is InChI=1S/C18H16N4O6/c1-10(23)20-12-8-19-16(11-5-3-2-4-6-11)22(18(12)27)9-15(25)28-13-7-14(24)21-17(13)26/h2-6,8,13H,7,9H2,1H3,(H,20,23)(H,21,24,26). The maximum absolute atomic E-state index is 12.8. The van der Waals surface area contributed by atoms with E-state index in [1.165, 1.54) is 13.1 Å². The number of hydrogen-bond donors (Lipinski definition) is 2. The molecule has 0 radical (unpaired) electrons. The molecule has 0 bridgehead atoms. The van der Waals surface area contributed by atoms with Gasteiger partial charge in [-0.1, -0.05) is 30.3 Å². The third kappa shape index (κ3) is 4.11. The van der Waals surface area contributed by atoms with Crippen LogP contribution in [0.5, 0.6) is 0 Å². The topological polar surface area (TPSA) is 136 Å². The number of benzene rings is 1. The van der Waals surface area contributed by atoms with Gasteiger partial charge in [-0.05, 0) is 0 Å². The van der Waals surface area contributed by atoms with Crippen molar-refractivity contribution in [1.29, 1.82) is 0 Å². The quantitative estimate of drug-likeness (QED) is 0.539. The Balaban J connectivity index is 1.93. The first kappa shape index (κ1) is 19.0. The molecule has 0 saturated carbocycles. The predicted octanol–water partition coefficient (Wildman–Crippen LogP) is -0.173. The van der Waals surface area contributed by atoms with Crippen LogP contribution in [0.15, 0.2) is 41.3 Å². The number of ether oxygens (including phenoxy) is 1. The molecule has 2 N–H and O–H groups in total. The molecule has 3 amide bonds. The molecule has 10 nitrogen and oxygen atoms in total. The van der Waals surface area contributed by atoms with Crippen molar-refractivity contribution in [2.45, 2.75) is 26.0 Å². The van der Waals surface area contributed by atoms with E-state index in [0.29, 0.717) is 5.56 Å². The lowest BCUT2D eigenvalue weighted by Crippen LogP contribution is -2.33. The summed E-state index contributed by atoms with van der Waals surface area (Å²) in [5.74, 6) is -2.43. The summed E-state index contributed by atoms with van der Waals surface area (Å²) in [6.07, 6.45) is -0.297. The third-order valence-corrected chi connectivity index (χ3v) is 3.88. The van der Waals surface area contributed by atoms with Crippen molar-refractivity contribution in [2.75, 3.05) is 5.32 Å². The number of nitrogens with one attached hydrogen (secondary N) is 2. The molecule has 1 unspecified atom stereocenters. The molecule has 3 rings (SSSR count). The number of anilines is 1. The van der Waals surface area contributed by atoms with Crippen molar-refractivity contribution < 1.29 is 23.9 Å². The zero-order chi connectivity index (χ0) is 20.3. The van der Waals surface area contributed by atoms with Crippen LogP contribution in [0.1, 0.15) is 13.3 Å². The van der Waals surface area contributed by atoms with Gasteiger partial charge in [-0.3, -0.25) is 33.9 Å². The normalized spacial score (nSPS) is 15.8. The molecular weight excluding hydrogens is 368 g/mol. The Bertz CT molecular complexity index is 1010. The van der Waals surface area contributed by atoms with E-state index >= 15 is 0 Å². The van der Waals surface area contributed by atoms with Crippen molar-refractivity contribution in [1.82, 2.24) is 14.9 Å². The highest BCUT2D eigenvalue weighted by Crippen LogP contribution is 2.17. The number of amides is 3. The van der Waals surface area contributed by atoms with Crippen LogP contribution in [0.3, 0.4) is 0 Å². The molecule has 1 fully saturated rings. The largest absolute Gasteiger partial charge is 0.450 e. The summed E-state index contributed by atoms with van der Waals surface area (Å²) in [6.45, 7) is 0.681. The molecule has 144 valence electrons. The number of carbonyl (C=O) groups excluding carboxylic acids is 4. The second-order valence-corrected chi connectivity index (χ2v) is 6.03. The number of aromatic nitrogens is 2. The van der Waals surface area contributed by atoms with Crippen molar-refractivity contribution in [3.8, 4) is 11.4 Å². The van der Waals surface area contributed by atoms with Gasteiger partial charge in [-0.25, -0.2) is 4.98 Å². The molecule has 2 aromatic rings. The minimum absolute atomic E-state index is 0.103. The summed E-state index contributed by atoms with van der Waals surface area (Å²) in [5.41, 5.74) is -0.197. The first-order valence-corrected chi connectivity index (χ1v) is 8.31. The number of imide groups is 1. The Hall–Kier alpha value is -3.82. The van der Waals surface area contributed by atoms with E-state index in [9.17, 15) is 24.0 Å². The summed E-state index contributed by atoms with van der Waals surface area (Å²) >= 11 is 0. The molecule has 0 aliphatic carbocycles. The van der Waals surface area contributed by atoms with Crippen LogP contribution in [0.25, 0.3) is 11.4 Å². The molecule has 0 spiro atoms. The van der Waals surface area contributed by atoms with E-state index in [1.54, 1.807) is 30.3 Å². The highest BCUT2D eigenvalue weighted by atomic mass is 16.5. The molecule has 1 saturated heterocycles. The van der Waals surface area contributed by atoms with Crippen molar-refractivity contribution >= 4 is 29.4 Å². The Morgan fingerprint density at radius 3 is 2.57 bits per heavy atom. The lowest BCUT2D eigenvalue weighted by molar-refractivity contribution is -0.154. The van der Waals surface area contributed by atoms with Crippen LogP contribution in [0.2, 0.25) is 0 Å². The fraction of sp³-hybridized carbons (Fsp3) is 0.222. The summed E-state index contributed by atoms with van der Waals surface area (Å²) in [5, 5.41) is 4.39. The Morgan fingerprint density at radius 2 is 1.96 bits per heavy atom. The third-order valence-electron chi connectivity index (χ3n) is 3.88. The molecular formula is C18H16N4O6. The second-order valence-electron chi connectivity index (χ2n) is 6.03. The second kappa shape index (κ2) is 7.82. The average Bonchev–Trinajstić information content (AvgIpc) is 2.96. The molecule has 2 heterocycles. The van der Waals surface area contributed by atoms with Gasteiger partial charge in [0.1, 0.15) is 18.1 Å². The molecule has 1 atom stereocenters. The van der Waals surface area contributed by atoms with Crippen LogP contribution in [0.4, 0.5) is 5.69 Å². The van der Waals surface area contributed by atoms with Crippen LogP contribution < -0.4 is 16.2 Å². The van der Waals surface area contributed by atoms with Crippen molar-refractivity contribution in [2.24, 2.45) is 0 Å². The fourth-order valence-corrected chi connectivity index (χ4v) is 2.68. The summed E-state index contributed by atoms with van der Waals surface area (Å²) < 4.78 is 6.06. The smallest absolute Gasteiger partial charge is 0.326 e. The molecule has 1 aromatic heterocycles. The monoisotopic (exact) mass is 384 g/mol. The lowest BCUT2D eigenvalue weighted by Gasteiger charge is -2.14. The molecule has 28 heavy (non-hydrogen) atoms.